The highest BCUT2D eigenvalue weighted by Crippen LogP contribution is 2.21. The number of H-pyrrole nitrogens is 1. The molecule has 1 N–H and O–H groups in total. The number of hydrogen-bond donors (Lipinski definition) is 1. The number of aryl methyl sites for hydroxylation is 2. The molecule has 0 atom stereocenters. The van der Waals surface area contributed by atoms with Gasteiger partial charge in [0, 0.05) is 11.7 Å². The average Bonchev–Trinajstić information content (AvgIpc) is 2.71. The van der Waals surface area contributed by atoms with E-state index in [1.165, 1.54) is 54.3 Å². The molecule has 0 amide bonds. The standard InChI is InChI=1S/C14H25N3S/c1-11-14(12(2)16-15-11)5-4-8-17(3)13-6-9-18-10-7-13/h13H,4-10H2,1-3H3,(H,15,16). The quantitative estimate of drug-likeness (QED) is 0.890. The van der Waals surface area contributed by atoms with E-state index < -0.39 is 0 Å². The first-order valence-corrected chi connectivity index (χ1v) is 8.12. The molecule has 4 heteroatoms. The Morgan fingerprint density at radius 3 is 2.67 bits per heavy atom. The molecule has 1 saturated heterocycles. The first-order chi connectivity index (χ1) is 8.68. The van der Waals surface area contributed by atoms with Gasteiger partial charge < -0.3 is 4.90 Å². The minimum Gasteiger partial charge on any atom is -0.303 e. The van der Waals surface area contributed by atoms with E-state index in [-0.39, 0.29) is 0 Å². The van der Waals surface area contributed by atoms with Crippen molar-refractivity contribution in [1.82, 2.24) is 15.1 Å². The molecular formula is C14H25N3S. The van der Waals surface area contributed by atoms with Crippen molar-refractivity contribution in [2.24, 2.45) is 0 Å². The molecule has 0 saturated carbocycles. The summed E-state index contributed by atoms with van der Waals surface area (Å²) in [6.45, 7) is 5.43. The Morgan fingerprint density at radius 1 is 1.33 bits per heavy atom. The van der Waals surface area contributed by atoms with Gasteiger partial charge in [-0.15, -0.1) is 0 Å². The average molecular weight is 267 g/mol. The van der Waals surface area contributed by atoms with Crippen molar-refractivity contribution in [3.8, 4) is 0 Å². The second-order valence-electron chi connectivity index (χ2n) is 5.34. The predicted octanol–water partition coefficient (Wildman–Crippen LogP) is 2.79. The predicted molar refractivity (Wildman–Crippen MR) is 79.4 cm³/mol. The maximum atomic E-state index is 4.26. The molecular weight excluding hydrogens is 242 g/mol. The maximum Gasteiger partial charge on any atom is 0.0625 e. The molecule has 2 heterocycles. The van der Waals surface area contributed by atoms with Gasteiger partial charge in [-0.25, -0.2) is 0 Å². The monoisotopic (exact) mass is 267 g/mol. The summed E-state index contributed by atoms with van der Waals surface area (Å²) in [5, 5.41) is 7.33. The van der Waals surface area contributed by atoms with Crippen LogP contribution in [0.1, 0.15) is 36.2 Å². The summed E-state index contributed by atoms with van der Waals surface area (Å²) in [6, 6.07) is 0.817. The maximum absolute atomic E-state index is 4.26. The topological polar surface area (TPSA) is 31.9 Å². The van der Waals surface area contributed by atoms with E-state index in [2.05, 4.69) is 47.8 Å². The molecule has 0 bridgehead atoms. The third-order valence-corrected chi connectivity index (χ3v) is 5.08. The van der Waals surface area contributed by atoms with Crippen LogP contribution in [0.5, 0.6) is 0 Å². The lowest BCUT2D eigenvalue weighted by atomic mass is 10.1. The molecule has 0 aliphatic carbocycles. The molecule has 1 aliphatic rings. The number of rotatable bonds is 5. The van der Waals surface area contributed by atoms with E-state index in [9.17, 15) is 0 Å². The van der Waals surface area contributed by atoms with Gasteiger partial charge in [0.1, 0.15) is 0 Å². The second kappa shape index (κ2) is 6.62. The minimum atomic E-state index is 0.817. The van der Waals surface area contributed by atoms with Gasteiger partial charge in [-0.1, -0.05) is 0 Å². The van der Waals surface area contributed by atoms with Crippen LogP contribution in [-0.2, 0) is 6.42 Å². The largest absolute Gasteiger partial charge is 0.303 e. The normalized spacial score (nSPS) is 17.6. The molecule has 3 nitrogen and oxygen atoms in total. The van der Waals surface area contributed by atoms with Crippen molar-refractivity contribution in [3.05, 3.63) is 17.0 Å². The number of nitrogens with zero attached hydrogens (tertiary/aromatic N) is 2. The van der Waals surface area contributed by atoms with E-state index in [0.717, 1.165) is 12.5 Å². The third kappa shape index (κ3) is 3.51. The van der Waals surface area contributed by atoms with Crippen LogP contribution >= 0.6 is 11.8 Å². The number of hydrogen-bond acceptors (Lipinski definition) is 3. The number of aromatic amines is 1. The third-order valence-electron chi connectivity index (χ3n) is 4.03. The van der Waals surface area contributed by atoms with Crippen molar-refractivity contribution in [2.45, 2.75) is 45.6 Å². The Kier molecular flexibility index (Phi) is 5.13. The summed E-state index contributed by atoms with van der Waals surface area (Å²) in [6.07, 6.45) is 5.12. The Morgan fingerprint density at radius 2 is 2.06 bits per heavy atom. The zero-order chi connectivity index (χ0) is 13.0. The Labute approximate surface area is 115 Å². The fourth-order valence-corrected chi connectivity index (χ4v) is 3.84. The lowest BCUT2D eigenvalue weighted by molar-refractivity contribution is 0.227. The van der Waals surface area contributed by atoms with Gasteiger partial charge in [0.2, 0.25) is 0 Å². The van der Waals surface area contributed by atoms with Crippen LogP contribution in [0, 0.1) is 13.8 Å². The highest BCUT2D eigenvalue weighted by Gasteiger charge is 2.17. The van der Waals surface area contributed by atoms with Gasteiger partial charge in [0.25, 0.3) is 0 Å². The highest BCUT2D eigenvalue weighted by molar-refractivity contribution is 7.99. The molecule has 0 aromatic carbocycles. The molecule has 1 aromatic rings. The lowest BCUT2D eigenvalue weighted by Crippen LogP contribution is -2.35. The van der Waals surface area contributed by atoms with Crippen LogP contribution in [0.4, 0.5) is 0 Å². The zero-order valence-corrected chi connectivity index (χ0v) is 12.6. The number of thioether (sulfide) groups is 1. The van der Waals surface area contributed by atoms with Crippen molar-refractivity contribution < 1.29 is 0 Å². The first-order valence-electron chi connectivity index (χ1n) is 6.97. The summed E-state index contributed by atoms with van der Waals surface area (Å²) in [7, 11) is 2.29. The van der Waals surface area contributed by atoms with E-state index in [1.54, 1.807) is 0 Å². The molecule has 0 radical (unpaired) electrons. The van der Waals surface area contributed by atoms with Crippen LogP contribution in [0.15, 0.2) is 0 Å². The highest BCUT2D eigenvalue weighted by atomic mass is 32.2. The smallest absolute Gasteiger partial charge is 0.0625 e. The Bertz CT molecular complexity index is 350. The van der Waals surface area contributed by atoms with Crippen LogP contribution in [0.2, 0.25) is 0 Å². The van der Waals surface area contributed by atoms with Gasteiger partial charge in [-0.05, 0) is 70.2 Å². The van der Waals surface area contributed by atoms with Gasteiger partial charge >= 0.3 is 0 Å². The van der Waals surface area contributed by atoms with Gasteiger partial charge in [0.05, 0.1) is 5.69 Å². The molecule has 0 spiro atoms. The van der Waals surface area contributed by atoms with E-state index in [1.807, 2.05) is 0 Å². The van der Waals surface area contributed by atoms with Gasteiger partial charge in [-0.2, -0.15) is 16.9 Å². The van der Waals surface area contributed by atoms with Crippen molar-refractivity contribution in [3.63, 3.8) is 0 Å². The van der Waals surface area contributed by atoms with Crippen LogP contribution in [0.25, 0.3) is 0 Å². The molecule has 2 rings (SSSR count). The lowest BCUT2D eigenvalue weighted by Gasteiger charge is -2.30. The number of nitrogens with one attached hydrogen (secondary N) is 1. The molecule has 0 unspecified atom stereocenters. The summed E-state index contributed by atoms with van der Waals surface area (Å²) >= 11 is 2.10. The molecule has 1 fully saturated rings. The van der Waals surface area contributed by atoms with E-state index >= 15 is 0 Å². The van der Waals surface area contributed by atoms with Crippen molar-refractivity contribution >= 4 is 11.8 Å². The van der Waals surface area contributed by atoms with E-state index in [0.29, 0.717) is 0 Å². The van der Waals surface area contributed by atoms with Crippen LogP contribution in [-0.4, -0.2) is 46.2 Å². The van der Waals surface area contributed by atoms with Crippen LogP contribution in [0.3, 0.4) is 0 Å². The Hall–Kier alpha value is -0.480. The molecule has 102 valence electrons. The van der Waals surface area contributed by atoms with E-state index in [4.69, 9.17) is 0 Å². The van der Waals surface area contributed by atoms with Gasteiger partial charge in [0.15, 0.2) is 0 Å². The Balaban J connectivity index is 1.74. The second-order valence-corrected chi connectivity index (χ2v) is 6.57. The fourth-order valence-electron chi connectivity index (χ4n) is 2.76. The molecule has 18 heavy (non-hydrogen) atoms. The molecule has 1 aromatic heterocycles. The first kappa shape index (κ1) is 13.9. The minimum absolute atomic E-state index is 0.817. The summed E-state index contributed by atoms with van der Waals surface area (Å²) in [4.78, 5) is 2.56. The summed E-state index contributed by atoms with van der Waals surface area (Å²) in [5.74, 6) is 2.68. The van der Waals surface area contributed by atoms with Crippen molar-refractivity contribution in [2.75, 3.05) is 25.1 Å². The van der Waals surface area contributed by atoms with Crippen LogP contribution < -0.4 is 0 Å². The molecule has 1 aliphatic heterocycles. The number of aromatic nitrogens is 2. The summed E-state index contributed by atoms with van der Waals surface area (Å²) in [5.41, 5.74) is 3.83. The zero-order valence-electron chi connectivity index (χ0n) is 11.8. The van der Waals surface area contributed by atoms with Gasteiger partial charge in [-0.3, -0.25) is 5.10 Å². The summed E-state index contributed by atoms with van der Waals surface area (Å²) < 4.78 is 0. The fraction of sp³-hybridized carbons (Fsp3) is 0.786. The van der Waals surface area contributed by atoms with Crippen molar-refractivity contribution in [1.29, 1.82) is 0 Å². The SMILES string of the molecule is Cc1n[nH]c(C)c1CCCN(C)C1CCSCC1.